The molecule has 2 amide bonds. The lowest BCUT2D eigenvalue weighted by Gasteiger charge is -2.19. The Labute approximate surface area is 150 Å². The summed E-state index contributed by atoms with van der Waals surface area (Å²) >= 11 is 0. The molecule has 0 aliphatic rings. The van der Waals surface area contributed by atoms with Gasteiger partial charge in [0.15, 0.2) is 0 Å². The van der Waals surface area contributed by atoms with Crippen LogP contribution in [0.4, 0.5) is 20.7 Å². The standard InChI is InChI=1S/C17H21FN6O2/c1-21-16(20)12-8-22-15(7-13(12)19)24-17(25)23-14(9-26-2)10-3-5-11(18)6-4-10/h3-8,14H,9H2,1-2H3,(H2,20,21)(H4,19,22,23,24,25). The molecule has 1 aromatic carbocycles. The number of carbonyl (C=O) groups is 1. The largest absolute Gasteiger partial charge is 0.398 e. The number of benzene rings is 1. The number of carbonyl (C=O) groups excluding carboxylic acids is 1. The van der Waals surface area contributed by atoms with Crippen LogP contribution in [0.1, 0.15) is 17.2 Å². The molecule has 2 rings (SSSR count). The highest BCUT2D eigenvalue weighted by Gasteiger charge is 2.15. The van der Waals surface area contributed by atoms with E-state index in [2.05, 4.69) is 20.6 Å². The van der Waals surface area contributed by atoms with Crippen molar-refractivity contribution in [1.82, 2.24) is 10.3 Å². The van der Waals surface area contributed by atoms with E-state index in [1.165, 1.54) is 31.5 Å². The molecule has 1 atom stereocenters. The van der Waals surface area contributed by atoms with E-state index >= 15 is 0 Å². The van der Waals surface area contributed by atoms with Gasteiger partial charge in [-0.15, -0.1) is 0 Å². The first-order valence-corrected chi connectivity index (χ1v) is 7.74. The molecule has 0 fully saturated rings. The average molecular weight is 360 g/mol. The molecule has 1 unspecified atom stereocenters. The van der Waals surface area contributed by atoms with Gasteiger partial charge >= 0.3 is 6.03 Å². The Morgan fingerprint density at radius 3 is 2.65 bits per heavy atom. The number of rotatable bonds is 6. The molecule has 1 heterocycles. The van der Waals surface area contributed by atoms with Crippen molar-refractivity contribution < 1.29 is 13.9 Å². The molecular weight excluding hydrogens is 339 g/mol. The predicted octanol–water partition coefficient (Wildman–Crippen LogP) is 1.65. The Bertz CT molecular complexity index is 794. The lowest BCUT2D eigenvalue weighted by Crippen LogP contribution is -2.35. The summed E-state index contributed by atoms with van der Waals surface area (Å²) in [6, 6.07) is 6.31. The second-order valence-corrected chi connectivity index (χ2v) is 5.42. The Morgan fingerprint density at radius 2 is 2.08 bits per heavy atom. The molecule has 2 aromatic rings. The third-order valence-electron chi connectivity index (χ3n) is 3.61. The number of aromatic nitrogens is 1. The van der Waals surface area contributed by atoms with Gasteiger partial charge in [-0.2, -0.15) is 0 Å². The number of urea groups is 1. The average Bonchev–Trinajstić information content (AvgIpc) is 2.61. The van der Waals surface area contributed by atoms with Crippen molar-refractivity contribution in [1.29, 1.82) is 0 Å². The summed E-state index contributed by atoms with van der Waals surface area (Å²) in [6.07, 6.45) is 1.43. The third-order valence-corrected chi connectivity index (χ3v) is 3.61. The number of halogens is 1. The van der Waals surface area contributed by atoms with Gasteiger partial charge < -0.3 is 21.5 Å². The van der Waals surface area contributed by atoms with Crippen LogP contribution in [-0.2, 0) is 4.74 Å². The van der Waals surface area contributed by atoms with E-state index in [0.29, 0.717) is 16.8 Å². The van der Waals surface area contributed by atoms with Gasteiger partial charge in [0.05, 0.1) is 18.2 Å². The van der Waals surface area contributed by atoms with Gasteiger partial charge in [-0.1, -0.05) is 12.1 Å². The summed E-state index contributed by atoms with van der Waals surface area (Å²) in [4.78, 5) is 20.2. The molecule has 6 N–H and O–H groups in total. The Hall–Kier alpha value is -3.20. The van der Waals surface area contributed by atoms with Crippen LogP contribution in [0.3, 0.4) is 0 Å². The van der Waals surface area contributed by atoms with Gasteiger partial charge in [-0.3, -0.25) is 10.3 Å². The van der Waals surface area contributed by atoms with Crippen molar-refractivity contribution >= 4 is 23.4 Å². The SMILES string of the molecule is CN=C(N)c1cnc(NC(=O)NC(COC)c2ccc(F)cc2)cc1N. The summed E-state index contributed by atoms with van der Waals surface area (Å²) in [5, 5.41) is 5.33. The number of pyridine rings is 1. The quantitative estimate of drug-likeness (QED) is 0.460. The van der Waals surface area contributed by atoms with Crippen LogP contribution in [0.5, 0.6) is 0 Å². The van der Waals surface area contributed by atoms with E-state index in [1.807, 2.05) is 0 Å². The molecule has 0 bridgehead atoms. The molecule has 0 spiro atoms. The van der Waals surface area contributed by atoms with Crippen LogP contribution >= 0.6 is 0 Å². The maximum absolute atomic E-state index is 13.1. The molecule has 0 saturated carbocycles. The maximum atomic E-state index is 13.1. The fraction of sp³-hybridized carbons (Fsp3) is 0.235. The van der Waals surface area contributed by atoms with Crippen molar-refractivity contribution in [2.75, 3.05) is 31.8 Å². The highest BCUT2D eigenvalue weighted by atomic mass is 19.1. The highest BCUT2D eigenvalue weighted by Crippen LogP contribution is 2.17. The summed E-state index contributed by atoms with van der Waals surface area (Å²) in [5.41, 5.74) is 13.1. The number of methoxy groups -OCH3 is 1. The molecule has 0 aliphatic heterocycles. The summed E-state index contributed by atoms with van der Waals surface area (Å²) in [5.74, 6) is 0.148. The molecule has 8 nitrogen and oxygen atoms in total. The van der Waals surface area contributed by atoms with Crippen molar-refractivity contribution in [3.8, 4) is 0 Å². The zero-order chi connectivity index (χ0) is 19.1. The Morgan fingerprint density at radius 1 is 1.38 bits per heavy atom. The van der Waals surface area contributed by atoms with Gasteiger partial charge in [0.25, 0.3) is 0 Å². The number of hydrogen-bond acceptors (Lipinski definition) is 5. The van der Waals surface area contributed by atoms with Crippen LogP contribution < -0.4 is 22.1 Å². The van der Waals surface area contributed by atoms with E-state index in [1.54, 1.807) is 19.2 Å². The van der Waals surface area contributed by atoms with E-state index in [-0.39, 0.29) is 24.1 Å². The van der Waals surface area contributed by atoms with E-state index in [0.717, 1.165) is 0 Å². The molecule has 0 saturated heterocycles. The number of nitrogens with zero attached hydrogens (tertiary/aromatic N) is 2. The zero-order valence-corrected chi connectivity index (χ0v) is 14.5. The first kappa shape index (κ1) is 19.1. The number of amides is 2. The number of hydrogen-bond donors (Lipinski definition) is 4. The minimum Gasteiger partial charge on any atom is -0.398 e. The van der Waals surface area contributed by atoms with Gasteiger partial charge in [0.2, 0.25) is 0 Å². The van der Waals surface area contributed by atoms with E-state index in [4.69, 9.17) is 16.2 Å². The first-order valence-electron chi connectivity index (χ1n) is 7.74. The van der Waals surface area contributed by atoms with Gasteiger partial charge in [0, 0.05) is 32.1 Å². The highest BCUT2D eigenvalue weighted by molar-refractivity contribution is 6.02. The van der Waals surface area contributed by atoms with Crippen LogP contribution in [0.25, 0.3) is 0 Å². The second kappa shape index (κ2) is 8.77. The minimum absolute atomic E-state index is 0.219. The molecule has 26 heavy (non-hydrogen) atoms. The first-order chi connectivity index (χ1) is 12.4. The summed E-state index contributed by atoms with van der Waals surface area (Å²) in [7, 11) is 3.05. The predicted molar refractivity (Wildman–Crippen MR) is 98.5 cm³/mol. The van der Waals surface area contributed by atoms with Gasteiger partial charge in [-0.05, 0) is 17.7 Å². The number of nitrogens with one attached hydrogen (secondary N) is 2. The molecule has 9 heteroatoms. The molecular formula is C17H21FN6O2. The van der Waals surface area contributed by atoms with Crippen molar-refractivity contribution in [3.05, 3.63) is 53.5 Å². The van der Waals surface area contributed by atoms with Crippen molar-refractivity contribution in [2.24, 2.45) is 10.7 Å². The zero-order valence-electron chi connectivity index (χ0n) is 14.5. The van der Waals surface area contributed by atoms with Crippen LogP contribution in [0.2, 0.25) is 0 Å². The van der Waals surface area contributed by atoms with Gasteiger partial charge in [0.1, 0.15) is 17.5 Å². The fourth-order valence-corrected chi connectivity index (χ4v) is 2.27. The number of ether oxygens (including phenoxy) is 1. The smallest absolute Gasteiger partial charge is 0.320 e. The fourth-order valence-electron chi connectivity index (χ4n) is 2.27. The van der Waals surface area contributed by atoms with E-state index in [9.17, 15) is 9.18 Å². The number of nitrogens with two attached hydrogens (primary N) is 2. The van der Waals surface area contributed by atoms with Crippen molar-refractivity contribution in [3.63, 3.8) is 0 Å². The van der Waals surface area contributed by atoms with Crippen LogP contribution in [0, 0.1) is 5.82 Å². The number of nitrogen functional groups attached to an aromatic ring is 1. The molecule has 138 valence electrons. The molecule has 1 aromatic heterocycles. The van der Waals surface area contributed by atoms with Crippen LogP contribution in [0.15, 0.2) is 41.5 Å². The second-order valence-electron chi connectivity index (χ2n) is 5.42. The number of anilines is 2. The maximum Gasteiger partial charge on any atom is 0.320 e. The molecule has 0 radical (unpaired) electrons. The van der Waals surface area contributed by atoms with E-state index < -0.39 is 12.1 Å². The number of amidine groups is 1. The van der Waals surface area contributed by atoms with Crippen molar-refractivity contribution in [2.45, 2.75) is 6.04 Å². The normalized spacial score (nSPS) is 12.5. The summed E-state index contributed by atoms with van der Waals surface area (Å²) in [6.45, 7) is 0.219. The lowest BCUT2D eigenvalue weighted by atomic mass is 10.1. The number of aliphatic imine (C=N–C) groups is 1. The molecule has 0 aliphatic carbocycles. The van der Waals surface area contributed by atoms with Gasteiger partial charge in [-0.25, -0.2) is 14.2 Å². The Balaban J connectivity index is 2.08. The third kappa shape index (κ3) is 4.90. The van der Waals surface area contributed by atoms with Crippen LogP contribution in [-0.4, -0.2) is 37.6 Å². The lowest BCUT2D eigenvalue weighted by molar-refractivity contribution is 0.168. The monoisotopic (exact) mass is 360 g/mol. The topological polar surface area (TPSA) is 128 Å². The minimum atomic E-state index is -0.506. The Kier molecular flexibility index (Phi) is 6.45. The summed E-state index contributed by atoms with van der Waals surface area (Å²) < 4.78 is 18.2.